The Morgan fingerprint density at radius 3 is 3.07 bits per heavy atom. The molecule has 1 aliphatic rings. The van der Waals surface area contributed by atoms with E-state index in [9.17, 15) is 9.18 Å². The molecule has 2 N–H and O–H groups in total. The third-order valence-corrected chi connectivity index (χ3v) is 5.91. The lowest BCUT2D eigenvalue weighted by atomic mass is 10.1. The first-order chi connectivity index (χ1) is 13.2. The summed E-state index contributed by atoms with van der Waals surface area (Å²) < 4.78 is 13.6. The third-order valence-electron chi connectivity index (χ3n) is 5.03. The number of fused-ring (bicyclic) bond motifs is 2. The van der Waals surface area contributed by atoms with Gasteiger partial charge in [0.1, 0.15) is 5.82 Å². The van der Waals surface area contributed by atoms with Crippen LogP contribution in [0.2, 0.25) is 0 Å². The van der Waals surface area contributed by atoms with Crippen LogP contribution in [0, 0.1) is 5.82 Å². The van der Waals surface area contributed by atoms with Crippen LogP contribution in [-0.4, -0.2) is 26.4 Å². The van der Waals surface area contributed by atoms with Gasteiger partial charge in [-0.25, -0.2) is 9.37 Å². The van der Waals surface area contributed by atoms with Crippen LogP contribution < -0.4 is 5.56 Å². The van der Waals surface area contributed by atoms with Crippen molar-refractivity contribution in [1.82, 2.24) is 19.9 Å². The highest BCUT2D eigenvalue weighted by Gasteiger charge is 2.22. The van der Waals surface area contributed by atoms with Crippen LogP contribution in [0.15, 0.2) is 46.7 Å². The van der Waals surface area contributed by atoms with Gasteiger partial charge in [0.15, 0.2) is 5.82 Å². The molecule has 0 spiro atoms. The van der Waals surface area contributed by atoms with Gasteiger partial charge in [0.05, 0.1) is 10.6 Å². The summed E-state index contributed by atoms with van der Waals surface area (Å²) in [6.45, 7) is 2.07. The molecule has 0 bridgehead atoms. The molecule has 0 radical (unpaired) electrons. The molecule has 3 aromatic heterocycles. The number of aromatic nitrogens is 3. The van der Waals surface area contributed by atoms with Crippen LogP contribution in [0.4, 0.5) is 4.39 Å². The first kappa shape index (κ1) is 16.4. The van der Waals surface area contributed by atoms with Crippen molar-refractivity contribution in [3.63, 3.8) is 0 Å². The molecule has 4 heterocycles. The maximum atomic E-state index is 13.6. The number of aromatic amines is 2. The molecule has 1 aromatic carbocycles. The molecular formula is C20H17FN4OS. The van der Waals surface area contributed by atoms with E-state index in [-0.39, 0.29) is 11.4 Å². The Morgan fingerprint density at radius 2 is 2.22 bits per heavy atom. The van der Waals surface area contributed by atoms with Gasteiger partial charge in [-0.2, -0.15) is 0 Å². The number of H-pyrrole nitrogens is 2. The van der Waals surface area contributed by atoms with Gasteiger partial charge in [-0.05, 0) is 41.6 Å². The number of nitrogens with one attached hydrogen (secondary N) is 2. The summed E-state index contributed by atoms with van der Waals surface area (Å²) in [6.07, 6.45) is 2.60. The molecular weight excluding hydrogens is 363 g/mol. The van der Waals surface area contributed by atoms with Crippen LogP contribution in [-0.2, 0) is 19.5 Å². The van der Waals surface area contributed by atoms with Crippen molar-refractivity contribution in [3.05, 3.63) is 74.9 Å². The van der Waals surface area contributed by atoms with Gasteiger partial charge in [-0.15, -0.1) is 11.3 Å². The van der Waals surface area contributed by atoms with E-state index in [2.05, 4.69) is 14.9 Å². The van der Waals surface area contributed by atoms with E-state index in [1.54, 1.807) is 23.5 Å². The minimum absolute atomic E-state index is 0.0442. The summed E-state index contributed by atoms with van der Waals surface area (Å²) in [5.74, 6) is 0.394. The second kappa shape index (κ2) is 6.44. The van der Waals surface area contributed by atoms with Gasteiger partial charge in [-0.1, -0.05) is 6.07 Å². The monoisotopic (exact) mass is 380 g/mol. The van der Waals surface area contributed by atoms with Crippen molar-refractivity contribution >= 4 is 22.2 Å². The van der Waals surface area contributed by atoms with E-state index in [1.165, 1.54) is 6.07 Å². The molecule has 0 atom stereocenters. The molecule has 5 rings (SSSR count). The average Bonchev–Trinajstić information content (AvgIpc) is 3.32. The molecule has 0 fully saturated rings. The Morgan fingerprint density at radius 1 is 1.30 bits per heavy atom. The SMILES string of the molecule is O=c1[nH]c(-c2cccs2)nc2c1CCN(Cc1c[nH]c3ccc(F)cc13)C2. The lowest BCUT2D eigenvalue weighted by Crippen LogP contribution is -2.35. The maximum Gasteiger partial charge on any atom is 0.254 e. The predicted molar refractivity (Wildman–Crippen MR) is 104 cm³/mol. The Kier molecular flexibility index (Phi) is 3.91. The van der Waals surface area contributed by atoms with E-state index in [4.69, 9.17) is 4.98 Å². The Bertz CT molecular complexity index is 1180. The zero-order valence-corrected chi connectivity index (χ0v) is 15.3. The minimum Gasteiger partial charge on any atom is -0.361 e. The quantitative estimate of drug-likeness (QED) is 0.570. The summed E-state index contributed by atoms with van der Waals surface area (Å²) in [6, 6.07) is 8.69. The smallest absolute Gasteiger partial charge is 0.254 e. The van der Waals surface area contributed by atoms with Gasteiger partial charge >= 0.3 is 0 Å². The van der Waals surface area contributed by atoms with Crippen LogP contribution in [0.3, 0.4) is 0 Å². The first-order valence-corrected chi connectivity index (χ1v) is 9.69. The van der Waals surface area contributed by atoms with E-state index in [0.717, 1.165) is 39.1 Å². The minimum atomic E-state index is -0.235. The fraction of sp³-hybridized carbons (Fsp3) is 0.200. The summed E-state index contributed by atoms with van der Waals surface area (Å²) in [5.41, 5.74) is 3.54. The Hall–Kier alpha value is -2.77. The highest BCUT2D eigenvalue weighted by molar-refractivity contribution is 7.13. The van der Waals surface area contributed by atoms with Crippen LogP contribution in [0.5, 0.6) is 0 Å². The number of rotatable bonds is 3. The highest BCUT2D eigenvalue weighted by atomic mass is 32.1. The van der Waals surface area contributed by atoms with Crippen molar-refractivity contribution in [3.8, 4) is 10.7 Å². The number of halogens is 1. The molecule has 0 aliphatic carbocycles. The zero-order chi connectivity index (χ0) is 18.4. The molecule has 0 unspecified atom stereocenters. The molecule has 0 saturated heterocycles. The van der Waals surface area contributed by atoms with Crippen molar-refractivity contribution in [2.45, 2.75) is 19.5 Å². The summed E-state index contributed by atoms with van der Waals surface area (Å²) in [4.78, 5) is 26.5. The molecule has 7 heteroatoms. The van der Waals surface area contributed by atoms with E-state index in [0.29, 0.717) is 25.3 Å². The number of thiophene rings is 1. The molecule has 5 nitrogen and oxygen atoms in total. The molecule has 1 aliphatic heterocycles. The fourth-order valence-corrected chi connectivity index (χ4v) is 4.35. The fourth-order valence-electron chi connectivity index (χ4n) is 3.68. The second-order valence-corrected chi connectivity index (χ2v) is 7.73. The standard InChI is InChI=1S/C20H17FN4OS/c21-13-3-4-16-15(8-13)12(9-22-16)10-25-6-5-14-17(11-25)23-19(24-20(14)26)18-2-1-7-27-18/h1-4,7-9,22H,5-6,10-11H2,(H,23,24,26). The second-order valence-electron chi connectivity index (χ2n) is 6.78. The number of nitrogens with zero attached hydrogens (tertiary/aromatic N) is 2. The number of hydrogen-bond donors (Lipinski definition) is 2. The summed E-state index contributed by atoms with van der Waals surface area (Å²) >= 11 is 1.56. The third kappa shape index (κ3) is 2.98. The van der Waals surface area contributed by atoms with Crippen LogP contribution in [0.25, 0.3) is 21.6 Å². The van der Waals surface area contributed by atoms with E-state index >= 15 is 0 Å². The van der Waals surface area contributed by atoms with Gasteiger partial charge in [0, 0.05) is 42.3 Å². The van der Waals surface area contributed by atoms with E-state index < -0.39 is 0 Å². The van der Waals surface area contributed by atoms with Gasteiger partial charge in [0.25, 0.3) is 5.56 Å². The van der Waals surface area contributed by atoms with Gasteiger partial charge in [-0.3, -0.25) is 9.69 Å². The zero-order valence-electron chi connectivity index (χ0n) is 14.5. The van der Waals surface area contributed by atoms with Crippen LogP contribution >= 0.6 is 11.3 Å². The summed E-state index contributed by atoms with van der Waals surface area (Å²) in [7, 11) is 0. The van der Waals surface area contributed by atoms with Crippen molar-refractivity contribution in [2.75, 3.05) is 6.54 Å². The average molecular weight is 380 g/mol. The predicted octanol–water partition coefficient (Wildman–Crippen LogP) is 3.68. The molecule has 0 amide bonds. The van der Waals surface area contributed by atoms with Crippen molar-refractivity contribution in [1.29, 1.82) is 0 Å². The Labute approximate surface area is 158 Å². The highest BCUT2D eigenvalue weighted by Crippen LogP contribution is 2.25. The molecule has 27 heavy (non-hydrogen) atoms. The van der Waals surface area contributed by atoms with Crippen molar-refractivity contribution < 1.29 is 4.39 Å². The van der Waals surface area contributed by atoms with Crippen LogP contribution in [0.1, 0.15) is 16.8 Å². The number of hydrogen-bond acceptors (Lipinski definition) is 4. The largest absolute Gasteiger partial charge is 0.361 e. The normalized spacial score (nSPS) is 14.6. The van der Waals surface area contributed by atoms with Crippen molar-refractivity contribution in [2.24, 2.45) is 0 Å². The molecule has 136 valence electrons. The van der Waals surface area contributed by atoms with E-state index in [1.807, 2.05) is 23.7 Å². The lowest BCUT2D eigenvalue weighted by Gasteiger charge is -2.27. The summed E-state index contributed by atoms with van der Waals surface area (Å²) in [5, 5.41) is 2.87. The number of benzene rings is 1. The van der Waals surface area contributed by atoms with Gasteiger partial charge < -0.3 is 9.97 Å². The first-order valence-electron chi connectivity index (χ1n) is 8.81. The lowest BCUT2D eigenvalue weighted by molar-refractivity contribution is 0.241. The topological polar surface area (TPSA) is 64.8 Å². The Balaban J connectivity index is 1.45. The molecule has 0 saturated carbocycles. The molecule has 4 aromatic rings. The maximum absolute atomic E-state index is 13.6. The van der Waals surface area contributed by atoms with Gasteiger partial charge in [0.2, 0.25) is 0 Å².